The molecular formula is C25H24N4O4. The smallest absolute Gasteiger partial charge is 0.346 e. The van der Waals surface area contributed by atoms with Crippen LogP contribution in [-0.2, 0) is 9.53 Å². The number of hydrogen-bond donors (Lipinski definition) is 1. The maximum absolute atomic E-state index is 11.8. The molecule has 0 aliphatic carbocycles. The number of pyridine rings is 1. The van der Waals surface area contributed by atoms with Crippen molar-refractivity contribution < 1.29 is 19.0 Å². The monoisotopic (exact) mass is 444 g/mol. The van der Waals surface area contributed by atoms with E-state index in [1.54, 1.807) is 19.2 Å². The number of fused-ring (bicyclic) bond motifs is 1. The van der Waals surface area contributed by atoms with Crippen LogP contribution >= 0.6 is 0 Å². The lowest BCUT2D eigenvalue weighted by molar-refractivity contribution is -0.147. The zero-order valence-electron chi connectivity index (χ0n) is 18.8. The molecule has 0 radical (unpaired) electrons. The molecule has 0 aliphatic rings. The number of carbonyl (C=O) groups is 1. The van der Waals surface area contributed by atoms with Gasteiger partial charge in [-0.1, -0.05) is 6.07 Å². The van der Waals surface area contributed by atoms with Crippen molar-refractivity contribution in [2.75, 3.05) is 12.4 Å². The minimum absolute atomic E-state index is 0.464. The van der Waals surface area contributed by atoms with E-state index in [4.69, 9.17) is 14.2 Å². The Kier molecular flexibility index (Phi) is 6.35. The van der Waals surface area contributed by atoms with Crippen molar-refractivity contribution in [1.82, 2.24) is 15.0 Å². The summed E-state index contributed by atoms with van der Waals surface area (Å²) in [6, 6.07) is 15.0. The number of aromatic nitrogens is 3. The second kappa shape index (κ2) is 9.52. The SMILES string of the molecule is COC(=O)[C@H](C)Oc1cccc2ncnc(Nc3ccc(Oc4ccc(C)nc4)c(C)c3)c12. The van der Waals surface area contributed by atoms with Crippen LogP contribution in [0.15, 0.2) is 61.1 Å². The van der Waals surface area contributed by atoms with Gasteiger partial charge in [0, 0.05) is 11.4 Å². The Labute approximate surface area is 191 Å². The van der Waals surface area contributed by atoms with E-state index in [2.05, 4.69) is 20.3 Å². The summed E-state index contributed by atoms with van der Waals surface area (Å²) in [5.74, 6) is 1.98. The van der Waals surface area contributed by atoms with Crippen molar-refractivity contribution in [3.05, 3.63) is 72.3 Å². The van der Waals surface area contributed by atoms with Crippen molar-refractivity contribution >= 4 is 28.4 Å². The van der Waals surface area contributed by atoms with Gasteiger partial charge in [-0.3, -0.25) is 4.98 Å². The number of rotatable bonds is 7. The fourth-order valence-electron chi connectivity index (χ4n) is 3.30. The van der Waals surface area contributed by atoms with Gasteiger partial charge in [0.05, 0.1) is 24.2 Å². The molecule has 0 aliphatic heterocycles. The standard InChI is InChI=1S/C25H24N4O4/c1-15-12-18(9-11-21(15)33-19-10-8-16(2)26-13-19)29-24-23-20(27-14-28-24)6-5-7-22(23)32-17(3)25(30)31-4/h5-14,17H,1-4H3,(H,27,28,29)/t17-/m0/s1. The van der Waals surface area contributed by atoms with E-state index in [1.807, 2.05) is 56.3 Å². The largest absolute Gasteiger partial charge is 0.478 e. The number of methoxy groups -OCH3 is 1. The Morgan fingerprint density at radius 3 is 2.58 bits per heavy atom. The van der Waals surface area contributed by atoms with Gasteiger partial charge in [-0.05, 0) is 68.8 Å². The zero-order valence-corrected chi connectivity index (χ0v) is 18.8. The normalized spacial score (nSPS) is 11.6. The van der Waals surface area contributed by atoms with Crippen molar-refractivity contribution in [1.29, 1.82) is 0 Å². The summed E-state index contributed by atoms with van der Waals surface area (Å²) in [7, 11) is 1.33. The Balaban J connectivity index is 1.61. The molecule has 4 aromatic rings. The number of anilines is 2. The summed E-state index contributed by atoms with van der Waals surface area (Å²) in [5.41, 5.74) is 3.37. The lowest BCUT2D eigenvalue weighted by Crippen LogP contribution is -2.25. The van der Waals surface area contributed by atoms with Gasteiger partial charge in [-0.25, -0.2) is 14.8 Å². The number of aryl methyl sites for hydroxylation is 2. The van der Waals surface area contributed by atoms with Gasteiger partial charge in [0.1, 0.15) is 29.4 Å². The highest BCUT2D eigenvalue weighted by Crippen LogP contribution is 2.33. The third-order valence-corrected chi connectivity index (χ3v) is 5.01. The molecule has 168 valence electrons. The molecule has 0 spiro atoms. The molecule has 2 aromatic carbocycles. The number of hydrogen-bond acceptors (Lipinski definition) is 8. The van der Waals surface area contributed by atoms with Crippen molar-refractivity contribution in [2.24, 2.45) is 0 Å². The molecule has 8 heteroatoms. The van der Waals surface area contributed by atoms with Crippen LogP contribution in [0, 0.1) is 13.8 Å². The Hall–Kier alpha value is -4.20. The van der Waals surface area contributed by atoms with E-state index in [0.717, 1.165) is 22.7 Å². The molecule has 0 fully saturated rings. The topological polar surface area (TPSA) is 95.5 Å². The molecule has 0 saturated carbocycles. The van der Waals surface area contributed by atoms with Gasteiger partial charge < -0.3 is 19.5 Å². The van der Waals surface area contributed by atoms with Crippen LogP contribution in [0.3, 0.4) is 0 Å². The molecule has 4 rings (SSSR count). The average molecular weight is 444 g/mol. The summed E-state index contributed by atoms with van der Waals surface area (Å²) in [6.45, 7) is 5.53. The van der Waals surface area contributed by atoms with Gasteiger partial charge in [0.2, 0.25) is 0 Å². The Morgan fingerprint density at radius 1 is 1.00 bits per heavy atom. The first-order valence-electron chi connectivity index (χ1n) is 10.4. The first-order valence-corrected chi connectivity index (χ1v) is 10.4. The molecule has 0 unspecified atom stereocenters. The molecule has 0 saturated heterocycles. The number of benzene rings is 2. The molecule has 0 bridgehead atoms. The minimum atomic E-state index is -0.774. The second-order valence-corrected chi connectivity index (χ2v) is 7.50. The fraction of sp³-hybridized carbons (Fsp3) is 0.200. The van der Waals surface area contributed by atoms with Crippen LogP contribution < -0.4 is 14.8 Å². The molecule has 2 aromatic heterocycles. The van der Waals surface area contributed by atoms with Gasteiger partial charge in [0.15, 0.2) is 6.10 Å². The molecule has 2 heterocycles. The van der Waals surface area contributed by atoms with E-state index < -0.39 is 12.1 Å². The lowest BCUT2D eigenvalue weighted by Gasteiger charge is -2.16. The third-order valence-electron chi connectivity index (χ3n) is 5.01. The predicted molar refractivity (Wildman–Crippen MR) is 125 cm³/mol. The molecular weight excluding hydrogens is 420 g/mol. The van der Waals surface area contributed by atoms with Crippen molar-refractivity contribution in [3.63, 3.8) is 0 Å². The molecule has 0 amide bonds. The van der Waals surface area contributed by atoms with Crippen LogP contribution in [0.5, 0.6) is 17.2 Å². The fourth-order valence-corrected chi connectivity index (χ4v) is 3.30. The highest BCUT2D eigenvalue weighted by Gasteiger charge is 2.18. The molecule has 33 heavy (non-hydrogen) atoms. The van der Waals surface area contributed by atoms with Crippen LogP contribution in [-0.4, -0.2) is 34.1 Å². The van der Waals surface area contributed by atoms with Crippen LogP contribution in [0.2, 0.25) is 0 Å². The molecule has 1 N–H and O–H groups in total. The second-order valence-electron chi connectivity index (χ2n) is 7.50. The maximum atomic E-state index is 11.8. The summed E-state index contributed by atoms with van der Waals surface area (Å²) < 4.78 is 16.6. The van der Waals surface area contributed by atoms with Gasteiger partial charge in [-0.15, -0.1) is 0 Å². The predicted octanol–water partition coefficient (Wildman–Crippen LogP) is 5.12. The minimum Gasteiger partial charge on any atom is -0.478 e. The summed E-state index contributed by atoms with van der Waals surface area (Å²) >= 11 is 0. The highest BCUT2D eigenvalue weighted by molar-refractivity contribution is 5.96. The maximum Gasteiger partial charge on any atom is 0.346 e. The highest BCUT2D eigenvalue weighted by atomic mass is 16.6. The van der Waals surface area contributed by atoms with E-state index in [0.29, 0.717) is 28.2 Å². The number of nitrogens with one attached hydrogen (secondary N) is 1. The quantitative estimate of drug-likeness (QED) is 0.393. The molecule has 8 nitrogen and oxygen atoms in total. The number of nitrogens with zero attached hydrogens (tertiary/aromatic N) is 3. The molecule has 1 atom stereocenters. The number of ether oxygens (including phenoxy) is 3. The lowest BCUT2D eigenvalue weighted by atomic mass is 10.1. The van der Waals surface area contributed by atoms with Crippen LogP contribution in [0.1, 0.15) is 18.2 Å². The van der Waals surface area contributed by atoms with Crippen LogP contribution in [0.25, 0.3) is 10.9 Å². The van der Waals surface area contributed by atoms with E-state index in [9.17, 15) is 4.79 Å². The summed E-state index contributed by atoms with van der Waals surface area (Å²) in [5, 5.41) is 3.99. The first-order chi connectivity index (χ1) is 15.9. The van der Waals surface area contributed by atoms with Crippen molar-refractivity contribution in [2.45, 2.75) is 26.9 Å². The van der Waals surface area contributed by atoms with E-state index in [-0.39, 0.29) is 0 Å². The zero-order chi connectivity index (χ0) is 23.4. The number of esters is 1. The Morgan fingerprint density at radius 2 is 1.85 bits per heavy atom. The third kappa shape index (κ3) is 5.01. The van der Waals surface area contributed by atoms with E-state index >= 15 is 0 Å². The van der Waals surface area contributed by atoms with Crippen molar-refractivity contribution in [3.8, 4) is 17.2 Å². The van der Waals surface area contributed by atoms with Crippen LogP contribution in [0.4, 0.5) is 11.5 Å². The first kappa shape index (κ1) is 22.0. The average Bonchev–Trinajstić information content (AvgIpc) is 2.82. The Bertz CT molecular complexity index is 1290. The van der Waals surface area contributed by atoms with Gasteiger partial charge >= 0.3 is 5.97 Å². The number of carbonyl (C=O) groups excluding carboxylic acids is 1. The van der Waals surface area contributed by atoms with E-state index in [1.165, 1.54) is 13.4 Å². The summed E-state index contributed by atoms with van der Waals surface area (Å²) in [6.07, 6.45) is 2.40. The van der Waals surface area contributed by atoms with Gasteiger partial charge in [-0.2, -0.15) is 0 Å². The summed E-state index contributed by atoms with van der Waals surface area (Å²) in [4.78, 5) is 24.8. The van der Waals surface area contributed by atoms with Gasteiger partial charge in [0.25, 0.3) is 0 Å².